The zero-order valence-electron chi connectivity index (χ0n) is 13.2. The monoisotopic (exact) mass is 338 g/mol. The zero-order valence-corrected chi connectivity index (χ0v) is 14.1. The number of nitrogens with zero attached hydrogens (tertiary/aromatic N) is 2. The van der Waals surface area contributed by atoms with Crippen molar-refractivity contribution >= 4 is 17.7 Å². The van der Waals surface area contributed by atoms with Crippen LogP contribution < -0.4 is 0 Å². The van der Waals surface area contributed by atoms with Gasteiger partial charge in [-0.25, -0.2) is 4.39 Å². The second-order valence-corrected chi connectivity index (χ2v) is 7.15. The predicted octanol–water partition coefficient (Wildman–Crippen LogP) is 2.11. The first kappa shape index (κ1) is 16.7. The molecule has 1 aromatic carbocycles. The predicted molar refractivity (Wildman–Crippen MR) is 90.4 cm³/mol. The Bertz CT molecular complexity index is 537. The SMILES string of the molecule is O=C(c1cccc(F)c1)N1CCCSC[C@@H]1CN1CCOCC1. The number of halogens is 1. The molecule has 0 saturated carbocycles. The van der Waals surface area contributed by atoms with Crippen LogP contribution >= 0.6 is 11.8 Å². The van der Waals surface area contributed by atoms with Crippen LogP contribution in [0.1, 0.15) is 16.8 Å². The van der Waals surface area contributed by atoms with Crippen molar-refractivity contribution in [2.24, 2.45) is 0 Å². The van der Waals surface area contributed by atoms with Crippen molar-refractivity contribution in [1.82, 2.24) is 9.80 Å². The fraction of sp³-hybridized carbons (Fsp3) is 0.588. The van der Waals surface area contributed by atoms with Gasteiger partial charge < -0.3 is 9.64 Å². The molecule has 1 atom stereocenters. The lowest BCUT2D eigenvalue weighted by molar-refractivity contribution is 0.0245. The maximum atomic E-state index is 13.4. The molecule has 126 valence electrons. The van der Waals surface area contributed by atoms with Gasteiger partial charge in [-0.3, -0.25) is 9.69 Å². The van der Waals surface area contributed by atoms with Crippen molar-refractivity contribution in [3.63, 3.8) is 0 Å². The van der Waals surface area contributed by atoms with Crippen LogP contribution in [0.3, 0.4) is 0 Å². The van der Waals surface area contributed by atoms with Crippen molar-refractivity contribution < 1.29 is 13.9 Å². The summed E-state index contributed by atoms with van der Waals surface area (Å²) in [5.74, 6) is 1.61. The van der Waals surface area contributed by atoms with Crippen molar-refractivity contribution in [2.75, 3.05) is 50.9 Å². The molecule has 3 rings (SSSR count). The third-order valence-electron chi connectivity index (χ3n) is 4.34. The van der Waals surface area contributed by atoms with Crippen LogP contribution in [0, 0.1) is 5.82 Å². The summed E-state index contributed by atoms with van der Waals surface area (Å²) in [6, 6.07) is 6.20. The number of thioether (sulfide) groups is 1. The molecule has 0 aliphatic carbocycles. The van der Waals surface area contributed by atoms with Gasteiger partial charge in [0.25, 0.3) is 5.91 Å². The van der Waals surface area contributed by atoms with Gasteiger partial charge in [0.05, 0.1) is 19.3 Å². The molecular formula is C17H23FN2O2S. The van der Waals surface area contributed by atoms with Gasteiger partial charge in [0.15, 0.2) is 0 Å². The Morgan fingerprint density at radius 1 is 1.30 bits per heavy atom. The van der Waals surface area contributed by atoms with E-state index in [1.165, 1.54) is 12.1 Å². The highest BCUT2D eigenvalue weighted by Gasteiger charge is 2.28. The quantitative estimate of drug-likeness (QED) is 0.845. The smallest absolute Gasteiger partial charge is 0.254 e. The molecule has 2 fully saturated rings. The molecule has 2 saturated heterocycles. The third-order valence-corrected chi connectivity index (χ3v) is 5.54. The number of ether oxygens (including phenoxy) is 1. The highest BCUT2D eigenvalue weighted by Crippen LogP contribution is 2.20. The Hall–Kier alpha value is -1.11. The van der Waals surface area contributed by atoms with E-state index in [4.69, 9.17) is 4.74 Å². The van der Waals surface area contributed by atoms with Crippen molar-refractivity contribution in [3.05, 3.63) is 35.6 Å². The molecule has 1 aromatic rings. The molecule has 0 N–H and O–H groups in total. The number of morpholine rings is 1. The summed E-state index contributed by atoms with van der Waals surface area (Å²) in [6.45, 7) is 4.98. The molecule has 0 bridgehead atoms. The summed E-state index contributed by atoms with van der Waals surface area (Å²) in [7, 11) is 0. The van der Waals surface area contributed by atoms with Gasteiger partial charge in [0.1, 0.15) is 5.82 Å². The number of hydrogen-bond donors (Lipinski definition) is 0. The van der Waals surface area contributed by atoms with E-state index in [-0.39, 0.29) is 17.8 Å². The first-order chi connectivity index (χ1) is 11.2. The van der Waals surface area contributed by atoms with Gasteiger partial charge in [0.2, 0.25) is 0 Å². The van der Waals surface area contributed by atoms with E-state index in [2.05, 4.69) is 4.90 Å². The van der Waals surface area contributed by atoms with E-state index in [9.17, 15) is 9.18 Å². The van der Waals surface area contributed by atoms with Gasteiger partial charge in [-0.2, -0.15) is 11.8 Å². The standard InChI is InChI=1S/C17H23FN2O2S/c18-15-4-1-3-14(11-15)17(21)20-5-2-10-23-13-16(20)12-19-6-8-22-9-7-19/h1,3-4,11,16H,2,5-10,12-13H2/t16-/m0/s1. The number of carbonyl (C=O) groups is 1. The van der Waals surface area contributed by atoms with Crippen LogP contribution in [0.15, 0.2) is 24.3 Å². The highest BCUT2D eigenvalue weighted by molar-refractivity contribution is 7.99. The summed E-state index contributed by atoms with van der Waals surface area (Å²) < 4.78 is 18.8. The largest absolute Gasteiger partial charge is 0.379 e. The van der Waals surface area contributed by atoms with Crippen LogP contribution in [0.2, 0.25) is 0 Å². The first-order valence-electron chi connectivity index (χ1n) is 8.18. The second kappa shape index (κ2) is 8.13. The van der Waals surface area contributed by atoms with Crippen molar-refractivity contribution in [2.45, 2.75) is 12.5 Å². The Labute approximate surface area is 141 Å². The van der Waals surface area contributed by atoms with Crippen LogP contribution in [0.5, 0.6) is 0 Å². The fourth-order valence-corrected chi connectivity index (χ4v) is 4.17. The summed E-state index contributed by atoms with van der Waals surface area (Å²) >= 11 is 1.91. The van der Waals surface area contributed by atoms with Gasteiger partial charge in [-0.05, 0) is 30.4 Å². The Morgan fingerprint density at radius 3 is 2.91 bits per heavy atom. The lowest BCUT2D eigenvalue weighted by Crippen LogP contribution is -2.50. The number of hydrogen-bond acceptors (Lipinski definition) is 4. The van der Waals surface area contributed by atoms with E-state index < -0.39 is 0 Å². The van der Waals surface area contributed by atoms with E-state index in [1.54, 1.807) is 12.1 Å². The summed E-state index contributed by atoms with van der Waals surface area (Å²) in [5.41, 5.74) is 0.448. The molecule has 2 aliphatic heterocycles. The molecule has 0 aromatic heterocycles. The Kier molecular flexibility index (Phi) is 5.91. The maximum Gasteiger partial charge on any atom is 0.254 e. The van der Waals surface area contributed by atoms with Crippen LogP contribution in [0.4, 0.5) is 4.39 Å². The summed E-state index contributed by atoms with van der Waals surface area (Å²) in [4.78, 5) is 17.2. The molecule has 1 amide bonds. The van der Waals surface area contributed by atoms with Crippen molar-refractivity contribution in [1.29, 1.82) is 0 Å². The van der Waals surface area contributed by atoms with E-state index in [1.807, 2.05) is 16.7 Å². The first-order valence-corrected chi connectivity index (χ1v) is 9.34. The molecule has 4 nitrogen and oxygen atoms in total. The summed E-state index contributed by atoms with van der Waals surface area (Å²) in [5, 5.41) is 0. The molecule has 0 spiro atoms. The fourth-order valence-electron chi connectivity index (χ4n) is 3.12. The minimum Gasteiger partial charge on any atom is -0.379 e. The molecule has 23 heavy (non-hydrogen) atoms. The highest BCUT2D eigenvalue weighted by atomic mass is 32.2. The molecule has 2 aliphatic rings. The van der Waals surface area contributed by atoms with E-state index in [0.29, 0.717) is 5.56 Å². The van der Waals surface area contributed by atoms with Crippen LogP contribution in [-0.2, 0) is 4.74 Å². The normalized spacial score (nSPS) is 23.5. The van der Waals surface area contributed by atoms with Crippen LogP contribution in [0.25, 0.3) is 0 Å². The topological polar surface area (TPSA) is 32.8 Å². The number of amides is 1. The average molecular weight is 338 g/mol. The zero-order chi connectivity index (χ0) is 16.1. The number of rotatable bonds is 3. The minimum absolute atomic E-state index is 0.0507. The maximum absolute atomic E-state index is 13.4. The number of benzene rings is 1. The van der Waals surface area contributed by atoms with Crippen molar-refractivity contribution in [3.8, 4) is 0 Å². The Morgan fingerprint density at radius 2 is 2.13 bits per heavy atom. The molecule has 0 unspecified atom stereocenters. The second-order valence-electron chi connectivity index (χ2n) is 6.00. The molecule has 6 heteroatoms. The molecule has 0 radical (unpaired) electrons. The van der Waals surface area contributed by atoms with Gasteiger partial charge >= 0.3 is 0 Å². The lowest BCUT2D eigenvalue weighted by atomic mass is 10.1. The van der Waals surface area contributed by atoms with Gasteiger partial charge in [0, 0.05) is 37.5 Å². The summed E-state index contributed by atoms with van der Waals surface area (Å²) in [6.07, 6.45) is 0.991. The van der Waals surface area contributed by atoms with Gasteiger partial charge in [-0.1, -0.05) is 6.07 Å². The molecule has 2 heterocycles. The van der Waals surface area contributed by atoms with E-state index >= 15 is 0 Å². The average Bonchev–Trinajstić information content (AvgIpc) is 2.81. The third kappa shape index (κ3) is 4.46. The Balaban J connectivity index is 1.73. The molecular weight excluding hydrogens is 315 g/mol. The van der Waals surface area contributed by atoms with E-state index in [0.717, 1.165) is 57.3 Å². The number of carbonyl (C=O) groups excluding carboxylic acids is 1. The minimum atomic E-state index is -0.357. The van der Waals surface area contributed by atoms with Crippen LogP contribution in [-0.4, -0.2) is 72.6 Å². The van der Waals surface area contributed by atoms with Gasteiger partial charge in [-0.15, -0.1) is 0 Å². The lowest BCUT2D eigenvalue weighted by Gasteiger charge is -2.35.